The Morgan fingerprint density at radius 2 is 1.61 bits per heavy atom. The third-order valence-electron chi connectivity index (χ3n) is 3.97. The van der Waals surface area contributed by atoms with Crippen LogP contribution in [0.25, 0.3) is 11.1 Å². The lowest BCUT2D eigenvalue weighted by molar-refractivity contribution is -0.192. The molecule has 1 aromatic heterocycles. The number of alkyl halides is 3. The number of halogens is 6. The summed E-state index contributed by atoms with van der Waals surface area (Å²) in [5.74, 6) is -3.99. The number of nitrogens with two attached hydrogens (primary N) is 1. The maximum Gasteiger partial charge on any atom is 0.490 e. The zero-order valence-corrected chi connectivity index (χ0v) is 16.5. The Kier molecular flexibility index (Phi) is 8.07. The summed E-state index contributed by atoms with van der Waals surface area (Å²) < 4.78 is 58.4. The Balaban J connectivity index is 0.000000423. The predicted octanol–water partition coefficient (Wildman–Crippen LogP) is 5.56. The standard InChI is InChI=1S/C19H15ClF2N2.C2HF3O2/c20-14-5-3-13(4-6-14)17-2-1-7-24-19(17)18(23)10-12-8-15(21)11-16(22)9-12;3-2(4,5)1(6)7/h1-9,11,18H,10,23H2;(H,6,7). The molecule has 0 aliphatic heterocycles. The Morgan fingerprint density at radius 3 is 2.13 bits per heavy atom. The molecule has 1 heterocycles. The van der Waals surface area contributed by atoms with Crippen LogP contribution in [0.4, 0.5) is 22.0 Å². The highest BCUT2D eigenvalue weighted by atomic mass is 35.5. The molecule has 10 heteroatoms. The van der Waals surface area contributed by atoms with E-state index in [2.05, 4.69) is 4.98 Å². The second-order valence-electron chi connectivity index (χ2n) is 6.33. The minimum Gasteiger partial charge on any atom is -0.475 e. The van der Waals surface area contributed by atoms with Crippen molar-refractivity contribution >= 4 is 17.6 Å². The molecule has 0 saturated heterocycles. The van der Waals surface area contributed by atoms with E-state index in [4.69, 9.17) is 27.2 Å². The van der Waals surface area contributed by atoms with Crippen molar-refractivity contribution in [3.05, 3.63) is 88.7 Å². The molecule has 3 aromatic rings. The summed E-state index contributed by atoms with van der Waals surface area (Å²) in [6.45, 7) is 0. The van der Waals surface area contributed by atoms with E-state index in [1.54, 1.807) is 18.3 Å². The van der Waals surface area contributed by atoms with Gasteiger partial charge in [-0.05, 0) is 47.9 Å². The van der Waals surface area contributed by atoms with Crippen LogP contribution in [0.1, 0.15) is 17.3 Å². The van der Waals surface area contributed by atoms with Crippen LogP contribution >= 0.6 is 11.6 Å². The number of hydrogen-bond donors (Lipinski definition) is 2. The first-order valence-corrected chi connectivity index (χ1v) is 9.06. The minimum atomic E-state index is -5.08. The van der Waals surface area contributed by atoms with Gasteiger partial charge in [-0.2, -0.15) is 13.2 Å². The number of carboxylic acid groups (broad SMARTS) is 1. The SMILES string of the molecule is NC(Cc1cc(F)cc(F)c1)c1ncccc1-c1ccc(Cl)cc1.O=C(O)C(F)(F)F. The molecular weight excluding hydrogens is 443 g/mol. The maximum atomic E-state index is 13.4. The van der Waals surface area contributed by atoms with E-state index in [9.17, 15) is 22.0 Å². The Morgan fingerprint density at radius 1 is 1.06 bits per heavy atom. The highest BCUT2D eigenvalue weighted by molar-refractivity contribution is 6.30. The lowest BCUT2D eigenvalue weighted by Crippen LogP contribution is -2.21. The third-order valence-corrected chi connectivity index (χ3v) is 4.22. The Bertz CT molecular complexity index is 1020. The summed E-state index contributed by atoms with van der Waals surface area (Å²) in [7, 11) is 0. The summed E-state index contributed by atoms with van der Waals surface area (Å²) in [4.78, 5) is 13.3. The second kappa shape index (κ2) is 10.3. The van der Waals surface area contributed by atoms with Crippen molar-refractivity contribution in [3.8, 4) is 11.1 Å². The number of benzene rings is 2. The molecule has 0 amide bonds. The molecule has 0 aliphatic rings. The number of nitrogens with zero attached hydrogens (tertiary/aromatic N) is 1. The van der Waals surface area contributed by atoms with E-state index in [1.165, 1.54) is 12.1 Å². The molecule has 4 nitrogen and oxygen atoms in total. The van der Waals surface area contributed by atoms with Crippen molar-refractivity contribution in [2.75, 3.05) is 0 Å². The van der Waals surface area contributed by atoms with Crippen LogP contribution in [-0.4, -0.2) is 22.2 Å². The van der Waals surface area contributed by atoms with Crippen LogP contribution in [0, 0.1) is 11.6 Å². The van der Waals surface area contributed by atoms with Crippen LogP contribution in [0.2, 0.25) is 5.02 Å². The Hall–Kier alpha value is -3.04. The van der Waals surface area contributed by atoms with Crippen molar-refractivity contribution < 1.29 is 31.9 Å². The van der Waals surface area contributed by atoms with Crippen molar-refractivity contribution in [2.24, 2.45) is 5.73 Å². The van der Waals surface area contributed by atoms with Gasteiger partial charge in [-0.15, -0.1) is 0 Å². The quantitative estimate of drug-likeness (QED) is 0.502. The summed E-state index contributed by atoms with van der Waals surface area (Å²) in [5, 5.41) is 7.77. The molecule has 0 aliphatic carbocycles. The van der Waals surface area contributed by atoms with Crippen LogP contribution in [-0.2, 0) is 11.2 Å². The van der Waals surface area contributed by atoms with E-state index in [0.29, 0.717) is 16.3 Å². The molecule has 3 rings (SSSR count). The summed E-state index contributed by atoms with van der Waals surface area (Å²) in [6.07, 6.45) is -3.15. The van der Waals surface area contributed by atoms with Crippen molar-refractivity contribution in [1.82, 2.24) is 4.98 Å². The van der Waals surface area contributed by atoms with Gasteiger partial charge in [0.2, 0.25) is 0 Å². The number of hydrogen-bond acceptors (Lipinski definition) is 3. The number of pyridine rings is 1. The molecule has 0 saturated carbocycles. The fourth-order valence-corrected chi connectivity index (χ4v) is 2.79. The summed E-state index contributed by atoms with van der Waals surface area (Å²) >= 11 is 5.93. The van der Waals surface area contributed by atoms with Gasteiger partial charge in [0.05, 0.1) is 11.7 Å². The van der Waals surface area contributed by atoms with Crippen molar-refractivity contribution in [2.45, 2.75) is 18.6 Å². The molecule has 2 aromatic carbocycles. The number of carbonyl (C=O) groups is 1. The molecule has 0 fully saturated rings. The number of carboxylic acids is 1. The van der Waals surface area contributed by atoms with Crippen LogP contribution in [0.5, 0.6) is 0 Å². The zero-order chi connectivity index (χ0) is 23.2. The smallest absolute Gasteiger partial charge is 0.475 e. The predicted molar refractivity (Wildman–Crippen MR) is 105 cm³/mol. The average molecular weight is 459 g/mol. The van der Waals surface area contributed by atoms with Crippen LogP contribution < -0.4 is 5.73 Å². The van der Waals surface area contributed by atoms with Gasteiger partial charge in [-0.1, -0.05) is 29.8 Å². The zero-order valence-electron chi connectivity index (χ0n) is 15.7. The fourth-order valence-electron chi connectivity index (χ4n) is 2.67. The first-order valence-electron chi connectivity index (χ1n) is 8.69. The number of aliphatic carboxylic acids is 1. The minimum absolute atomic E-state index is 0.284. The van der Waals surface area contributed by atoms with Gasteiger partial charge in [0.25, 0.3) is 0 Å². The lowest BCUT2D eigenvalue weighted by atomic mass is 9.96. The van der Waals surface area contributed by atoms with E-state index in [1.807, 2.05) is 24.3 Å². The van der Waals surface area contributed by atoms with Gasteiger partial charge in [0.15, 0.2) is 0 Å². The first kappa shape index (κ1) is 24.2. The molecule has 1 atom stereocenters. The van der Waals surface area contributed by atoms with Crippen molar-refractivity contribution in [3.63, 3.8) is 0 Å². The molecular formula is C21H16ClF5N2O2. The molecule has 0 spiro atoms. The van der Waals surface area contributed by atoms with E-state index >= 15 is 0 Å². The summed E-state index contributed by atoms with van der Waals surface area (Å²) in [5.41, 5.74) is 9.23. The monoisotopic (exact) mass is 458 g/mol. The molecule has 31 heavy (non-hydrogen) atoms. The third kappa shape index (κ3) is 7.30. The number of rotatable bonds is 4. The molecule has 3 N–H and O–H groups in total. The molecule has 164 valence electrons. The van der Waals surface area contributed by atoms with Gasteiger partial charge in [-0.25, -0.2) is 13.6 Å². The number of aromatic nitrogens is 1. The normalized spacial score (nSPS) is 12.0. The molecule has 1 unspecified atom stereocenters. The fraction of sp³-hybridized carbons (Fsp3) is 0.143. The van der Waals surface area contributed by atoms with Crippen molar-refractivity contribution in [1.29, 1.82) is 0 Å². The maximum absolute atomic E-state index is 13.4. The van der Waals surface area contributed by atoms with Gasteiger partial charge in [0.1, 0.15) is 11.6 Å². The van der Waals surface area contributed by atoms with Gasteiger partial charge >= 0.3 is 12.1 Å². The van der Waals surface area contributed by atoms with E-state index in [-0.39, 0.29) is 6.42 Å². The van der Waals surface area contributed by atoms with E-state index in [0.717, 1.165) is 17.2 Å². The highest BCUT2D eigenvalue weighted by Gasteiger charge is 2.38. The average Bonchev–Trinajstić information content (AvgIpc) is 2.67. The van der Waals surface area contributed by atoms with Gasteiger partial charge < -0.3 is 10.8 Å². The summed E-state index contributed by atoms with van der Waals surface area (Å²) in [6, 6.07) is 14.0. The first-order chi connectivity index (χ1) is 14.5. The van der Waals surface area contributed by atoms with Crippen LogP contribution in [0.15, 0.2) is 60.8 Å². The Labute approximate surface area is 179 Å². The molecule has 0 radical (unpaired) electrons. The molecule has 0 bridgehead atoms. The van der Waals surface area contributed by atoms with Crippen LogP contribution in [0.3, 0.4) is 0 Å². The largest absolute Gasteiger partial charge is 0.490 e. The van der Waals surface area contributed by atoms with E-state index < -0.39 is 29.8 Å². The topological polar surface area (TPSA) is 76.2 Å². The lowest BCUT2D eigenvalue weighted by Gasteiger charge is -2.16. The van der Waals surface area contributed by atoms with Gasteiger partial charge in [-0.3, -0.25) is 4.98 Å². The highest BCUT2D eigenvalue weighted by Crippen LogP contribution is 2.28. The van der Waals surface area contributed by atoms with Gasteiger partial charge in [0, 0.05) is 22.8 Å². The second-order valence-corrected chi connectivity index (χ2v) is 6.77.